The zero-order valence-corrected chi connectivity index (χ0v) is 13.1. The van der Waals surface area contributed by atoms with E-state index in [1.807, 2.05) is 6.92 Å². The maximum Gasteiger partial charge on any atom is 0.263 e. The minimum absolute atomic E-state index is 0.0442. The Labute approximate surface area is 125 Å². The third kappa shape index (κ3) is 3.46. The SMILES string of the molecule is Cc1ccc(S(=O)(=O)Nc2ccc(Br)nc2)c(Cl)c1. The molecule has 0 saturated heterocycles. The fourth-order valence-electron chi connectivity index (χ4n) is 1.47. The summed E-state index contributed by atoms with van der Waals surface area (Å²) >= 11 is 9.14. The Morgan fingerprint density at radius 2 is 2.00 bits per heavy atom. The van der Waals surface area contributed by atoms with E-state index in [9.17, 15) is 8.42 Å². The molecule has 0 spiro atoms. The van der Waals surface area contributed by atoms with Crippen molar-refractivity contribution in [3.63, 3.8) is 0 Å². The largest absolute Gasteiger partial charge is 0.278 e. The summed E-state index contributed by atoms with van der Waals surface area (Å²) in [6.45, 7) is 1.84. The molecule has 0 aliphatic heterocycles. The number of nitrogens with one attached hydrogen (secondary N) is 1. The number of hydrogen-bond acceptors (Lipinski definition) is 3. The summed E-state index contributed by atoms with van der Waals surface area (Å²) in [7, 11) is -3.71. The minimum atomic E-state index is -3.71. The van der Waals surface area contributed by atoms with Gasteiger partial charge in [0, 0.05) is 0 Å². The Bertz CT molecular complexity index is 702. The summed E-state index contributed by atoms with van der Waals surface area (Å²) in [5.74, 6) is 0. The molecule has 19 heavy (non-hydrogen) atoms. The van der Waals surface area contributed by atoms with Crippen LogP contribution in [0.3, 0.4) is 0 Å². The Morgan fingerprint density at radius 1 is 1.26 bits per heavy atom. The molecule has 1 N–H and O–H groups in total. The van der Waals surface area contributed by atoms with Crippen molar-refractivity contribution in [1.82, 2.24) is 4.98 Å². The summed E-state index contributed by atoms with van der Waals surface area (Å²) in [5.41, 5.74) is 1.27. The number of benzene rings is 1. The molecule has 2 aromatic rings. The van der Waals surface area contributed by atoms with E-state index >= 15 is 0 Å². The number of rotatable bonds is 3. The molecular formula is C12H10BrClN2O2S. The molecule has 0 bridgehead atoms. The lowest BCUT2D eigenvalue weighted by Gasteiger charge is -2.09. The Hall–Kier alpha value is -1.11. The van der Waals surface area contributed by atoms with Crippen LogP contribution >= 0.6 is 27.5 Å². The van der Waals surface area contributed by atoms with E-state index in [1.54, 1.807) is 24.3 Å². The van der Waals surface area contributed by atoms with Gasteiger partial charge in [-0.05, 0) is 52.7 Å². The summed E-state index contributed by atoms with van der Waals surface area (Å²) in [4.78, 5) is 3.99. The number of aryl methyl sites for hydroxylation is 1. The Morgan fingerprint density at radius 3 is 2.58 bits per heavy atom. The zero-order valence-electron chi connectivity index (χ0n) is 9.89. The Balaban J connectivity index is 2.35. The van der Waals surface area contributed by atoms with Gasteiger partial charge in [-0.15, -0.1) is 0 Å². The lowest BCUT2D eigenvalue weighted by Crippen LogP contribution is -2.13. The zero-order chi connectivity index (χ0) is 14.0. The normalized spacial score (nSPS) is 11.3. The summed E-state index contributed by atoms with van der Waals surface area (Å²) in [6, 6.07) is 8.04. The first-order valence-electron chi connectivity index (χ1n) is 5.29. The third-order valence-electron chi connectivity index (χ3n) is 2.36. The molecule has 0 amide bonds. The van der Waals surface area contributed by atoms with Crippen molar-refractivity contribution in [1.29, 1.82) is 0 Å². The molecule has 0 fully saturated rings. The number of aromatic nitrogens is 1. The van der Waals surface area contributed by atoms with Crippen LogP contribution < -0.4 is 4.72 Å². The molecule has 0 aliphatic carbocycles. The molecule has 0 atom stereocenters. The van der Waals surface area contributed by atoms with Crippen LogP contribution in [0.25, 0.3) is 0 Å². The van der Waals surface area contributed by atoms with E-state index in [0.29, 0.717) is 10.3 Å². The molecule has 0 unspecified atom stereocenters. The maximum atomic E-state index is 12.2. The standard InChI is InChI=1S/C12H10BrClN2O2S/c1-8-2-4-11(10(14)6-8)19(17,18)16-9-3-5-12(13)15-7-9/h2-7,16H,1H3. The quantitative estimate of drug-likeness (QED) is 0.850. The van der Waals surface area contributed by atoms with E-state index in [-0.39, 0.29) is 9.92 Å². The molecular weight excluding hydrogens is 352 g/mol. The molecule has 0 saturated carbocycles. The summed E-state index contributed by atoms with van der Waals surface area (Å²) in [6.07, 6.45) is 1.42. The predicted molar refractivity (Wildman–Crippen MR) is 78.9 cm³/mol. The van der Waals surface area contributed by atoms with Crippen LogP contribution in [-0.4, -0.2) is 13.4 Å². The molecule has 4 nitrogen and oxygen atoms in total. The average Bonchev–Trinajstić information content (AvgIpc) is 2.31. The van der Waals surface area contributed by atoms with Gasteiger partial charge in [0.25, 0.3) is 10.0 Å². The number of hydrogen-bond donors (Lipinski definition) is 1. The van der Waals surface area contributed by atoms with Crippen LogP contribution in [0.15, 0.2) is 46.0 Å². The molecule has 1 aromatic carbocycles. The van der Waals surface area contributed by atoms with E-state index in [1.165, 1.54) is 12.3 Å². The number of halogens is 2. The van der Waals surface area contributed by atoms with Crippen molar-refractivity contribution in [3.8, 4) is 0 Å². The summed E-state index contributed by atoms with van der Waals surface area (Å²) < 4.78 is 27.4. The van der Waals surface area contributed by atoms with E-state index in [2.05, 4.69) is 25.6 Å². The fourth-order valence-corrected chi connectivity index (χ4v) is 3.35. The highest BCUT2D eigenvalue weighted by Crippen LogP contribution is 2.24. The molecule has 1 aromatic heterocycles. The molecule has 7 heteroatoms. The molecule has 0 aliphatic rings. The van der Waals surface area contributed by atoms with Gasteiger partial charge in [-0.3, -0.25) is 4.72 Å². The van der Waals surface area contributed by atoms with Crippen LogP contribution in [-0.2, 0) is 10.0 Å². The third-order valence-corrected chi connectivity index (χ3v) is 4.69. The fraction of sp³-hybridized carbons (Fsp3) is 0.0833. The average molecular weight is 362 g/mol. The van der Waals surface area contributed by atoms with Gasteiger partial charge in [0.15, 0.2) is 0 Å². The van der Waals surface area contributed by atoms with Crippen molar-refractivity contribution in [3.05, 3.63) is 51.7 Å². The molecule has 100 valence electrons. The van der Waals surface area contributed by atoms with Gasteiger partial charge >= 0.3 is 0 Å². The summed E-state index contributed by atoms with van der Waals surface area (Å²) in [5, 5.41) is 0.192. The highest BCUT2D eigenvalue weighted by Gasteiger charge is 2.18. The van der Waals surface area contributed by atoms with Crippen LogP contribution in [0.4, 0.5) is 5.69 Å². The van der Waals surface area contributed by atoms with Crippen molar-refractivity contribution in [2.75, 3.05) is 4.72 Å². The molecule has 2 rings (SSSR count). The first-order valence-corrected chi connectivity index (χ1v) is 7.94. The second kappa shape index (κ2) is 5.48. The van der Waals surface area contributed by atoms with Gasteiger partial charge in [0.1, 0.15) is 9.50 Å². The number of nitrogens with zero attached hydrogens (tertiary/aromatic N) is 1. The smallest absolute Gasteiger partial charge is 0.263 e. The topological polar surface area (TPSA) is 59.1 Å². The van der Waals surface area contributed by atoms with Gasteiger partial charge in [-0.25, -0.2) is 13.4 Å². The Kier molecular flexibility index (Phi) is 4.13. The number of sulfonamides is 1. The van der Waals surface area contributed by atoms with E-state index < -0.39 is 10.0 Å². The highest BCUT2D eigenvalue weighted by molar-refractivity contribution is 9.10. The second-order valence-corrected chi connectivity index (χ2v) is 6.78. The first-order chi connectivity index (χ1) is 8.88. The van der Waals surface area contributed by atoms with E-state index in [4.69, 9.17) is 11.6 Å². The van der Waals surface area contributed by atoms with Crippen LogP contribution in [0.1, 0.15) is 5.56 Å². The van der Waals surface area contributed by atoms with Gasteiger partial charge < -0.3 is 0 Å². The lowest BCUT2D eigenvalue weighted by atomic mass is 10.2. The van der Waals surface area contributed by atoms with Crippen LogP contribution in [0.2, 0.25) is 5.02 Å². The van der Waals surface area contributed by atoms with Gasteiger partial charge in [0.05, 0.1) is 16.9 Å². The minimum Gasteiger partial charge on any atom is -0.278 e. The van der Waals surface area contributed by atoms with Crippen molar-refractivity contribution < 1.29 is 8.42 Å². The molecule has 0 radical (unpaired) electrons. The van der Waals surface area contributed by atoms with E-state index in [0.717, 1.165) is 5.56 Å². The second-order valence-electron chi connectivity index (χ2n) is 3.91. The maximum absolute atomic E-state index is 12.2. The van der Waals surface area contributed by atoms with Crippen LogP contribution in [0, 0.1) is 6.92 Å². The van der Waals surface area contributed by atoms with Gasteiger partial charge in [-0.2, -0.15) is 0 Å². The van der Waals surface area contributed by atoms with Crippen LogP contribution in [0.5, 0.6) is 0 Å². The predicted octanol–water partition coefficient (Wildman–Crippen LogP) is 3.61. The van der Waals surface area contributed by atoms with Gasteiger partial charge in [-0.1, -0.05) is 17.7 Å². The molecule has 1 heterocycles. The van der Waals surface area contributed by atoms with Gasteiger partial charge in [0.2, 0.25) is 0 Å². The highest BCUT2D eigenvalue weighted by atomic mass is 79.9. The lowest BCUT2D eigenvalue weighted by molar-refractivity contribution is 0.601. The van der Waals surface area contributed by atoms with Crippen molar-refractivity contribution in [2.45, 2.75) is 11.8 Å². The van der Waals surface area contributed by atoms with Crippen molar-refractivity contribution in [2.24, 2.45) is 0 Å². The number of pyridine rings is 1. The monoisotopic (exact) mass is 360 g/mol. The number of anilines is 1. The van der Waals surface area contributed by atoms with Crippen molar-refractivity contribution >= 4 is 43.2 Å². The first kappa shape index (κ1) is 14.3.